The predicted octanol–water partition coefficient (Wildman–Crippen LogP) is 3.56. The Morgan fingerprint density at radius 3 is 3.04 bits per heavy atom. The summed E-state index contributed by atoms with van der Waals surface area (Å²) in [5.74, 6) is 1.09. The van der Waals surface area contributed by atoms with Crippen LogP contribution in [0.5, 0.6) is 5.75 Å². The van der Waals surface area contributed by atoms with E-state index in [-0.39, 0.29) is 0 Å². The van der Waals surface area contributed by atoms with Crippen molar-refractivity contribution in [2.75, 3.05) is 26.7 Å². The Morgan fingerprint density at radius 1 is 1.35 bits per heavy atom. The Bertz CT molecular complexity index is 768. The summed E-state index contributed by atoms with van der Waals surface area (Å²) in [6.45, 7) is 5.40. The highest BCUT2D eigenvalue weighted by Crippen LogP contribution is 2.56. The first kappa shape index (κ1) is 16.7. The SMILES string of the molecule is CN(Cc1nccs1)C1CC12CCN(Cc1ccc3c(c1)CCO3)CC2. The van der Waals surface area contributed by atoms with E-state index in [1.807, 2.05) is 6.20 Å². The quantitative estimate of drug-likeness (QED) is 0.806. The van der Waals surface area contributed by atoms with Gasteiger partial charge in [-0.15, -0.1) is 11.3 Å². The van der Waals surface area contributed by atoms with Crippen molar-refractivity contribution in [3.8, 4) is 5.75 Å². The minimum absolute atomic E-state index is 0.578. The lowest BCUT2D eigenvalue weighted by molar-refractivity contribution is 0.139. The van der Waals surface area contributed by atoms with Crippen LogP contribution in [-0.4, -0.2) is 47.6 Å². The van der Waals surface area contributed by atoms with Gasteiger partial charge in [-0.1, -0.05) is 12.1 Å². The molecule has 1 saturated carbocycles. The molecule has 1 aromatic heterocycles. The normalized spacial score (nSPS) is 24.0. The van der Waals surface area contributed by atoms with Gasteiger partial charge in [0.15, 0.2) is 0 Å². The fourth-order valence-electron chi connectivity index (χ4n) is 4.89. The summed E-state index contributed by atoms with van der Waals surface area (Å²) in [5, 5.41) is 3.32. The van der Waals surface area contributed by atoms with Gasteiger partial charge in [0.25, 0.3) is 0 Å². The maximum atomic E-state index is 5.63. The lowest BCUT2D eigenvalue weighted by atomic mass is 9.92. The molecule has 138 valence electrons. The fourth-order valence-corrected chi connectivity index (χ4v) is 5.57. The molecule has 3 heterocycles. The summed E-state index contributed by atoms with van der Waals surface area (Å²) in [5.41, 5.74) is 3.41. The molecule has 1 atom stereocenters. The van der Waals surface area contributed by atoms with Crippen LogP contribution >= 0.6 is 11.3 Å². The van der Waals surface area contributed by atoms with Crippen LogP contribution in [-0.2, 0) is 19.5 Å². The van der Waals surface area contributed by atoms with E-state index < -0.39 is 0 Å². The zero-order valence-electron chi connectivity index (χ0n) is 15.5. The minimum Gasteiger partial charge on any atom is -0.493 e. The number of hydrogen-bond acceptors (Lipinski definition) is 5. The van der Waals surface area contributed by atoms with Crippen LogP contribution in [0.4, 0.5) is 0 Å². The minimum atomic E-state index is 0.578. The molecule has 0 N–H and O–H groups in total. The van der Waals surface area contributed by atoms with Crippen LogP contribution in [0.25, 0.3) is 0 Å². The van der Waals surface area contributed by atoms with Crippen molar-refractivity contribution in [1.29, 1.82) is 0 Å². The molecule has 2 aromatic rings. The van der Waals surface area contributed by atoms with Crippen LogP contribution in [0.2, 0.25) is 0 Å². The average Bonchev–Trinajstić information content (AvgIpc) is 3.02. The molecule has 5 heteroatoms. The van der Waals surface area contributed by atoms with E-state index >= 15 is 0 Å². The van der Waals surface area contributed by atoms with E-state index in [2.05, 4.69) is 45.4 Å². The summed E-state index contributed by atoms with van der Waals surface area (Å²) in [7, 11) is 2.28. The highest BCUT2D eigenvalue weighted by atomic mass is 32.1. The van der Waals surface area contributed by atoms with Gasteiger partial charge in [0.05, 0.1) is 13.2 Å². The first-order chi connectivity index (χ1) is 12.7. The largest absolute Gasteiger partial charge is 0.493 e. The third kappa shape index (κ3) is 3.17. The van der Waals surface area contributed by atoms with Gasteiger partial charge < -0.3 is 4.74 Å². The summed E-state index contributed by atoms with van der Waals surface area (Å²) >= 11 is 1.77. The molecule has 1 unspecified atom stereocenters. The smallest absolute Gasteiger partial charge is 0.122 e. The second-order valence-corrected chi connectivity index (χ2v) is 9.22. The summed E-state index contributed by atoms with van der Waals surface area (Å²) in [6.07, 6.45) is 7.04. The lowest BCUT2D eigenvalue weighted by Gasteiger charge is -2.34. The van der Waals surface area contributed by atoms with Crippen molar-refractivity contribution in [1.82, 2.24) is 14.8 Å². The number of ether oxygens (including phenoxy) is 1. The summed E-state index contributed by atoms with van der Waals surface area (Å²) in [4.78, 5) is 9.62. The monoisotopic (exact) mass is 369 g/mol. The van der Waals surface area contributed by atoms with E-state index in [0.717, 1.165) is 37.9 Å². The molecular weight excluding hydrogens is 342 g/mol. The van der Waals surface area contributed by atoms with Crippen molar-refractivity contribution in [2.24, 2.45) is 5.41 Å². The van der Waals surface area contributed by atoms with Gasteiger partial charge in [-0.05, 0) is 62.0 Å². The molecule has 5 rings (SSSR count). The predicted molar refractivity (Wildman–Crippen MR) is 105 cm³/mol. The van der Waals surface area contributed by atoms with E-state index in [9.17, 15) is 0 Å². The van der Waals surface area contributed by atoms with Crippen molar-refractivity contribution in [3.63, 3.8) is 0 Å². The van der Waals surface area contributed by atoms with Crippen LogP contribution in [0, 0.1) is 5.41 Å². The first-order valence-corrected chi connectivity index (χ1v) is 10.7. The number of piperidine rings is 1. The number of fused-ring (bicyclic) bond motifs is 1. The van der Waals surface area contributed by atoms with Crippen molar-refractivity contribution in [3.05, 3.63) is 45.9 Å². The number of aromatic nitrogens is 1. The molecular formula is C21H27N3OS. The number of hydrogen-bond donors (Lipinski definition) is 0. The highest BCUT2D eigenvalue weighted by Gasteiger charge is 2.56. The molecule has 2 aliphatic heterocycles. The molecule has 1 spiro atoms. The standard InChI is InChI=1S/C21H27N3OS/c1-23(15-20-22-7-11-26-20)19-13-21(19)5-8-24(9-6-21)14-16-2-3-18-17(12-16)4-10-25-18/h2-3,7,11-12,19H,4-6,8-10,13-15H2,1H3. The van der Waals surface area contributed by atoms with E-state index in [0.29, 0.717) is 5.41 Å². The highest BCUT2D eigenvalue weighted by molar-refractivity contribution is 7.09. The number of rotatable bonds is 5. The zero-order valence-corrected chi connectivity index (χ0v) is 16.3. The number of benzene rings is 1. The maximum Gasteiger partial charge on any atom is 0.122 e. The molecule has 1 saturated heterocycles. The third-order valence-electron chi connectivity index (χ3n) is 6.56. The Balaban J connectivity index is 1.14. The molecule has 0 radical (unpaired) electrons. The van der Waals surface area contributed by atoms with Gasteiger partial charge in [-0.2, -0.15) is 0 Å². The second-order valence-electron chi connectivity index (χ2n) is 8.24. The number of nitrogens with zero attached hydrogens (tertiary/aromatic N) is 3. The Kier molecular flexibility index (Phi) is 4.26. The topological polar surface area (TPSA) is 28.6 Å². The van der Waals surface area contributed by atoms with Gasteiger partial charge in [0, 0.05) is 30.6 Å². The van der Waals surface area contributed by atoms with Gasteiger partial charge in [-0.3, -0.25) is 9.80 Å². The molecule has 3 aliphatic rings. The Hall–Kier alpha value is -1.43. The molecule has 0 amide bonds. The fraction of sp³-hybridized carbons (Fsp3) is 0.571. The van der Waals surface area contributed by atoms with E-state index in [1.165, 1.54) is 48.5 Å². The number of likely N-dealkylation sites (tertiary alicyclic amines) is 1. The van der Waals surface area contributed by atoms with Crippen molar-refractivity contribution >= 4 is 11.3 Å². The van der Waals surface area contributed by atoms with Gasteiger partial charge >= 0.3 is 0 Å². The molecule has 2 fully saturated rings. The molecule has 1 aliphatic carbocycles. The van der Waals surface area contributed by atoms with Crippen LogP contribution in [0.15, 0.2) is 29.8 Å². The van der Waals surface area contributed by atoms with Gasteiger partial charge in [0.2, 0.25) is 0 Å². The molecule has 4 nitrogen and oxygen atoms in total. The van der Waals surface area contributed by atoms with Crippen molar-refractivity contribution in [2.45, 2.75) is 44.8 Å². The third-order valence-corrected chi connectivity index (χ3v) is 7.32. The van der Waals surface area contributed by atoms with E-state index in [4.69, 9.17) is 4.74 Å². The second kappa shape index (κ2) is 6.63. The average molecular weight is 370 g/mol. The molecule has 1 aromatic carbocycles. The number of thiazole rings is 1. The lowest BCUT2D eigenvalue weighted by Crippen LogP contribution is -2.37. The van der Waals surface area contributed by atoms with E-state index in [1.54, 1.807) is 11.3 Å². The summed E-state index contributed by atoms with van der Waals surface area (Å²) < 4.78 is 5.63. The van der Waals surface area contributed by atoms with Crippen LogP contribution < -0.4 is 4.74 Å². The van der Waals surface area contributed by atoms with Crippen molar-refractivity contribution < 1.29 is 4.74 Å². The Morgan fingerprint density at radius 2 is 2.23 bits per heavy atom. The first-order valence-electron chi connectivity index (χ1n) is 9.77. The van der Waals surface area contributed by atoms with Crippen LogP contribution in [0.3, 0.4) is 0 Å². The molecule has 0 bridgehead atoms. The molecule has 26 heavy (non-hydrogen) atoms. The summed E-state index contributed by atoms with van der Waals surface area (Å²) in [6, 6.07) is 7.52. The maximum absolute atomic E-state index is 5.63. The zero-order chi connectivity index (χ0) is 17.6. The van der Waals surface area contributed by atoms with Gasteiger partial charge in [0.1, 0.15) is 10.8 Å². The van der Waals surface area contributed by atoms with Gasteiger partial charge in [-0.25, -0.2) is 4.98 Å². The Labute approximate surface area is 159 Å². The van der Waals surface area contributed by atoms with Crippen LogP contribution in [0.1, 0.15) is 35.4 Å².